The largest absolute Gasteiger partial charge is 0.511 e. The van der Waals surface area contributed by atoms with Crippen LogP contribution in [0.15, 0.2) is 58.4 Å². The number of ketones is 1. The van der Waals surface area contributed by atoms with Crippen LogP contribution < -0.4 is 5.32 Å². The van der Waals surface area contributed by atoms with E-state index in [4.69, 9.17) is 18.9 Å². The lowest BCUT2D eigenvalue weighted by atomic mass is 9.49. The van der Waals surface area contributed by atoms with E-state index in [2.05, 4.69) is 12.2 Å². The third-order valence-electron chi connectivity index (χ3n) is 14.2. The first-order valence-corrected chi connectivity index (χ1v) is 19.8. The number of allylic oxidation sites excluding steroid dienone is 3. The molecule has 0 aromatic carbocycles. The second-order valence-electron chi connectivity index (χ2n) is 17.7. The van der Waals surface area contributed by atoms with Crippen LogP contribution in [0.25, 0.3) is 0 Å². The molecule has 2 aliphatic heterocycles. The van der Waals surface area contributed by atoms with Crippen molar-refractivity contribution in [2.45, 2.75) is 123 Å². The van der Waals surface area contributed by atoms with Crippen LogP contribution in [0.3, 0.4) is 0 Å². The zero-order chi connectivity index (χ0) is 41.2. The molecule has 15 unspecified atom stereocenters. The first-order valence-electron chi connectivity index (χ1n) is 19.8. The van der Waals surface area contributed by atoms with Gasteiger partial charge in [-0.15, -0.1) is 0 Å². The molecule has 1 saturated carbocycles. The number of methoxy groups -OCH3 is 1. The molecule has 0 aromatic heterocycles. The Morgan fingerprint density at radius 3 is 2.38 bits per heavy atom. The van der Waals surface area contributed by atoms with Gasteiger partial charge in [-0.2, -0.15) is 0 Å². The van der Waals surface area contributed by atoms with Gasteiger partial charge in [0, 0.05) is 36.0 Å². The molecule has 0 aromatic rings. The van der Waals surface area contributed by atoms with Gasteiger partial charge in [-0.25, -0.2) is 9.59 Å². The van der Waals surface area contributed by atoms with Crippen LogP contribution in [0.1, 0.15) is 81.1 Å². The summed E-state index contributed by atoms with van der Waals surface area (Å²) in [5.74, 6) is -4.16. The molecule has 2 saturated heterocycles. The van der Waals surface area contributed by atoms with Crippen molar-refractivity contribution in [1.29, 1.82) is 0 Å². The maximum Gasteiger partial charge on any atom is 0.407 e. The molecule has 14 heteroatoms. The third kappa shape index (κ3) is 6.78. The third-order valence-corrected chi connectivity index (χ3v) is 14.2. The number of aliphatic hydroxyl groups is 3. The molecule has 0 radical (unpaired) electrons. The van der Waals surface area contributed by atoms with Crippen LogP contribution >= 0.6 is 0 Å². The van der Waals surface area contributed by atoms with Crippen LogP contribution in [0.4, 0.5) is 4.79 Å². The summed E-state index contributed by atoms with van der Waals surface area (Å²) < 4.78 is 23.9. The van der Waals surface area contributed by atoms with E-state index in [1.165, 1.54) is 7.11 Å². The quantitative estimate of drug-likeness (QED) is 0.0933. The highest BCUT2D eigenvalue weighted by molar-refractivity contribution is 6.26. The first-order chi connectivity index (χ1) is 26.2. The molecule has 6 rings (SSSR count). The zero-order valence-corrected chi connectivity index (χ0v) is 33.9. The number of fused-ring (bicyclic) bond motifs is 4. The molecule has 6 N–H and O–H groups in total. The van der Waals surface area contributed by atoms with E-state index in [-0.39, 0.29) is 65.6 Å². The molecular formula is C42H60N2O12. The predicted octanol–water partition coefficient (Wildman–Crippen LogP) is 5.08. The van der Waals surface area contributed by atoms with E-state index < -0.39 is 76.9 Å². The maximum absolute atomic E-state index is 15.0. The molecule has 15 atom stereocenters. The van der Waals surface area contributed by atoms with E-state index in [9.17, 15) is 40.1 Å². The minimum Gasteiger partial charge on any atom is -0.511 e. The van der Waals surface area contributed by atoms with Crippen molar-refractivity contribution in [3.63, 3.8) is 0 Å². The molecule has 1 spiro atoms. The monoisotopic (exact) mass is 784 g/mol. The predicted molar refractivity (Wildman–Crippen MR) is 202 cm³/mol. The molecule has 14 nitrogen and oxygen atoms in total. The van der Waals surface area contributed by atoms with Crippen LogP contribution in [-0.4, -0.2) is 104 Å². The summed E-state index contributed by atoms with van der Waals surface area (Å²) in [5, 5.41) is 58.0. The van der Waals surface area contributed by atoms with Gasteiger partial charge in [-0.3, -0.25) is 15.2 Å². The summed E-state index contributed by atoms with van der Waals surface area (Å²) in [4.78, 5) is 41.3. The van der Waals surface area contributed by atoms with Crippen molar-refractivity contribution in [1.82, 2.24) is 10.5 Å². The summed E-state index contributed by atoms with van der Waals surface area (Å²) >= 11 is 0. The topological polar surface area (TPSA) is 205 Å². The number of nitrogens with zero attached hydrogens (tertiary/aromatic N) is 1. The standard InChI is InChI=1S/C42H60N2O12/c1-20-10-13-30(55-31-18-40(7,44(51)52)35(25(6)54-31)43-39(50)53-9)21(2)15-27-16-26(19-45)24(5)17-42(27)37(48)32(38(49)56-42)36(47)41(8)29(20)12-11-28-33(41)22(3)14-23(4)34(28)46/h10-12,15-16,22-25,27-31,33-35,45-47,51-52H,13-14,17-19H2,1-9H3,(H,43,50). The Bertz CT molecular complexity index is 1750. The van der Waals surface area contributed by atoms with Crippen LogP contribution in [0, 0.1) is 46.8 Å². The number of carbonyl (C=O) groups excluding carboxylic acids is 3. The molecule has 2 heterocycles. The van der Waals surface area contributed by atoms with E-state index in [0.29, 0.717) is 24.0 Å². The summed E-state index contributed by atoms with van der Waals surface area (Å²) in [6, 6.07) is -0.907. The number of amides is 1. The Kier molecular flexibility index (Phi) is 11.6. The molecule has 2 bridgehead atoms. The lowest BCUT2D eigenvalue weighted by Crippen LogP contribution is -2.68. The molecule has 1 amide bonds. The number of Topliss-reactive ketones (excluding diaryl/α,β-unsaturated/α-hetero) is 1. The maximum atomic E-state index is 15.0. The lowest BCUT2D eigenvalue weighted by Gasteiger charge is -2.55. The SMILES string of the molecule is COC(=O)NC1C(C)OC(OC2CC=C(C)C3C=CC4C(O)C(C)CC(C)C4C3(C)C(O)=C3C(=O)OC4(CC(C)C(CO)=CC4C=C2C)C3=O)CC1(C)N(O)O. The molecule has 4 aliphatic carbocycles. The number of ether oxygens (including phenoxy) is 4. The van der Waals surface area contributed by atoms with Crippen LogP contribution in [0.5, 0.6) is 0 Å². The van der Waals surface area contributed by atoms with Gasteiger partial charge in [0.15, 0.2) is 11.9 Å². The van der Waals surface area contributed by atoms with Gasteiger partial charge in [0.1, 0.15) is 11.3 Å². The molecule has 3 fully saturated rings. The number of hydrogen-bond acceptors (Lipinski definition) is 13. The summed E-state index contributed by atoms with van der Waals surface area (Å²) in [7, 11) is 1.20. The van der Waals surface area contributed by atoms with Gasteiger partial charge in [-0.1, -0.05) is 68.9 Å². The second kappa shape index (κ2) is 15.4. The van der Waals surface area contributed by atoms with Gasteiger partial charge < -0.3 is 39.6 Å². The Balaban J connectivity index is 1.50. The second-order valence-corrected chi connectivity index (χ2v) is 17.7. The van der Waals surface area contributed by atoms with Crippen molar-refractivity contribution in [3.05, 3.63) is 58.4 Å². The van der Waals surface area contributed by atoms with Gasteiger partial charge in [-0.05, 0) is 75.4 Å². The van der Waals surface area contributed by atoms with Crippen LogP contribution in [-0.2, 0) is 28.5 Å². The Hall–Kier alpha value is -3.37. The van der Waals surface area contributed by atoms with Gasteiger partial charge in [0.25, 0.3) is 0 Å². The van der Waals surface area contributed by atoms with E-state index in [1.54, 1.807) is 19.9 Å². The number of aliphatic hydroxyl groups excluding tert-OH is 3. The number of carbonyl (C=O) groups is 3. The highest BCUT2D eigenvalue weighted by Crippen LogP contribution is 2.60. The smallest absolute Gasteiger partial charge is 0.407 e. The number of nitrogens with one attached hydrogen (secondary N) is 1. The Labute approximate surface area is 328 Å². The lowest BCUT2D eigenvalue weighted by molar-refractivity contribution is -0.390. The van der Waals surface area contributed by atoms with Crippen molar-refractivity contribution >= 4 is 17.8 Å². The molecule has 6 aliphatic rings. The zero-order valence-electron chi connectivity index (χ0n) is 33.9. The normalized spacial score (nSPS) is 44.1. The fraction of sp³-hybridized carbons (Fsp3) is 0.690. The average molecular weight is 785 g/mol. The fourth-order valence-corrected chi connectivity index (χ4v) is 11.1. The van der Waals surface area contributed by atoms with Crippen molar-refractivity contribution in [2.24, 2.45) is 46.8 Å². The minimum atomic E-state index is -1.71. The highest BCUT2D eigenvalue weighted by Gasteiger charge is 2.63. The fourth-order valence-electron chi connectivity index (χ4n) is 11.1. The summed E-state index contributed by atoms with van der Waals surface area (Å²) in [5.41, 5.74) is -2.56. The van der Waals surface area contributed by atoms with E-state index in [1.807, 2.05) is 58.9 Å². The minimum absolute atomic E-state index is 0.00407. The molecule has 56 heavy (non-hydrogen) atoms. The van der Waals surface area contributed by atoms with E-state index in [0.717, 1.165) is 5.57 Å². The van der Waals surface area contributed by atoms with Crippen molar-refractivity contribution < 1.29 is 59.1 Å². The number of alkyl carbamates (subject to hydrolysis) is 1. The molecule has 310 valence electrons. The van der Waals surface area contributed by atoms with Gasteiger partial charge in [0.05, 0.1) is 43.6 Å². The number of rotatable bonds is 5. The van der Waals surface area contributed by atoms with Gasteiger partial charge >= 0.3 is 12.1 Å². The van der Waals surface area contributed by atoms with Crippen molar-refractivity contribution in [3.8, 4) is 0 Å². The summed E-state index contributed by atoms with van der Waals surface area (Å²) in [6.07, 6.45) is 6.59. The van der Waals surface area contributed by atoms with E-state index >= 15 is 0 Å². The number of esters is 1. The van der Waals surface area contributed by atoms with Crippen molar-refractivity contribution in [2.75, 3.05) is 13.7 Å². The highest BCUT2D eigenvalue weighted by atomic mass is 16.8. The average Bonchev–Trinajstić information content (AvgIpc) is 3.38. The first kappa shape index (κ1) is 42.2. The molecular weight excluding hydrogens is 724 g/mol. The van der Waals surface area contributed by atoms with Crippen LogP contribution in [0.2, 0.25) is 0 Å². The Morgan fingerprint density at radius 2 is 1.73 bits per heavy atom. The summed E-state index contributed by atoms with van der Waals surface area (Å²) in [6.45, 7) is 14.6. The number of hydroxylamine groups is 2. The number of hydrogen-bond donors (Lipinski definition) is 6. The van der Waals surface area contributed by atoms with Gasteiger partial charge in [0.2, 0.25) is 5.78 Å². The Morgan fingerprint density at radius 1 is 1.04 bits per heavy atom.